The topological polar surface area (TPSA) is 107 Å². The number of fused-ring (bicyclic) bond motifs is 5. The number of carbonyl (C=O) groups excluding carboxylic acids is 1. The predicted molar refractivity (Wildman–Crippen MR) is 127 cm³/mol. The maximum atomic E-state index is 12.2. The van der Waals surface area contributed by atoms with Crippen LogP contribution in [0.1, 0.15) is 91.4 Å². The molecule has 8 heteroatoms. The predicted octanol–water partition coefficient (Wildman–Crippen LogP) is 1.09. The van der Waals surface area contributed by atoms with E-state index in [1.54, 1.807) is 0 Å². The molecule has 1 amide bonds. The molecule has 4 aliphatic rings. The Morgan fingerprint density at radius 3 is 2.50 bits per heavy atom. The smallest absolute Gasteiger partial charge is 0.748 e. The minimum absolute atomic E-state index is 0. The van der Waals surface area contributed by atoms with Crippen molar-refractivity contribution >= 4 is 16.0 Å². The van der Waals surface area contributed by atoms with E-state index >= 15 is 0 Å². The molecule has 0 heterocycles. The van der Waals surface area contributed by atoms with E-state index in [2.05, 4.69) is 26.1 Å². The van der Waals surface area contributed by atoms with Crippen LogP contribution in [-0.4, -0.2) is 42.4 Å². The van der Waals surface area contributed by atoms with E-state index in [1.165, 1.54) is 51.4 Å². The van der Waals surface area contributed by atoms with Crippen molar-refractivity contribution in [2.45, 2.75) is 97.5 Å². The van der Waals surface area contributed by atoms with E-state index in [9.17, 15) is 22.9 Å². The molecular formula is C26H44NNaO5S. The van der Waals surface area contributed by atoms with Gasteiger partial charge in [-0.05, 0) is 97.7 Å². The third-order valence-electron chi connectivity index (χ3n) is 10.9. The van der Waals surface area contributed by atoms with E-state index in [1.807, 2.05) is 0 Å². The molecule has 34 heavy (non-hydrogen) atoms. The monoisotopic (exact) mass is 505 g/mol. The fourth-order valence-corrected chi connectivity index (χ4v) is 9.55. The standard InChI is InChI=1S/C26H45NO5S.Na/c1-17(7-10-23(29)27-14-15-33(30,31)32)19-8-9-20-24-21(11-13-26(19,20)3)25(2)12-5-4-6-18(25)16-22(24)28;/h17-22,24,28H,4-16H2,1-3H3,(H,27,29)(H,30,31,32);/q;+1/p-1/t17-,18+,19-,20+,21+,22-,24+,25+,26-;/m1./s1. The van der Waals surface area contributed by atoms with Crippen LogP contribution in [0.15, 0.2) is 0 Å². The summed E-state index contributed by atoms with van der Waals surface area (Å²) in [5.74, 6) is 2.59. The first-order valence-corrected chi connectivity index (χ1v) is 14.9. The third kappa shape index (κ3) is 5.60. The molecule has 4 aliphatic carbocycles. The number of amides is 1. The van der Waals surface area contributed by atoms with Gasteiger partial charge in [0, 0.05) is 13.0 Å². The van der Waals surface area contributed by atoms with Crippen molar-refractivity contribution in [3.8, 4) is 0 Å². The zero-order valence-electron chi connectivity index (χ0n) is 21.7. The van der Waals surface area contributed by atoms with Gasteiger partial charge in [-0.3, -0.25) is 4.79 Å². The van der Waals surface area contributed by atoms with Crippen molar-refractivity contribution in [3.63, 3.8) is 0 Å². The van der Waals surface area contributed by atoms with Gasteiger partial charge in [-0.1, -0.05) is 33.6 Å². The molecule has 4 saturated carbocycles. The van der Waals surface area contributed by atoms with Crippen LogP contribution < -0.4 is 34.9 Å². The van der Waals surface area contributed by atoms with Gasteiger partial charge in [-0.25, -0.2) is 8.42 Å². The number of hydrogen-bond donors (Lipinski definition) is 2. The fourth-order valence-electron chi connectivity index (χ4n) is 9.19. The van der Waals surface area contributed by atoms with Crippen LogP contribution in [0.25, 0.3) is 0 Å². The summed E-state index contributed by atoms with van der Waals surface area (Å²) in [7, 11) is -4.30. The van der Waals surface area contributed by atoms with Crippen LogP contribution in [0.3, 0.4) is 0 Å². The minimum Gasteiger partial charge on any atom is -0.748 e. The summed E-state index contributed by atoms with van der Waals surface area (Å²) < 4.78 is 32.2. The molecule has 4 rings (SSSR count). The van der Waals surface area contributed by atoms with Crippen molar-refractivity contribution in [2.24, 2.45) is 46.3 Å². The van der Waals surface area contributed by atoms with Crippen LogP contribution >= 0.6 is 0 Å². The molecule has 0 bridgehead atoms. The molecule has 0 aromatic rings. The Morgan fingerprint density at radius 2 is 1.79 bits per heavy atom. The molecule has 4 fully saturated rings. The number of nitrogens with one attached hydrogen (secondary N) is 1. The SMILES string of the molecule is C[C@H](CCC(=O)NCCS(=O)(=O)[O-])[C@H]1CC[C@H]2[C@@H]3[C@H](O)C[C@@H]4CCCC[C@]4(C)[C@H]3CC[C@]12C.[Na+]. The van der Waals surface area contributed by atoms with Crippen molar-refractivity contribution in [2.75, 3.05) is 12.3 Å². The van der Waals surface area contributed by atoms with Gasteiger partial charge in [-0.2, -0.15) is 0 Å². The summed E-state index contributed by atoms with van der Waals surface area (Å²) in [5, 5.41) is 13.9. The van der Waals surface area contributed by atoms with E-state index in [4.69, 9.17) is 0 Å². The number of carbonyl (C=O) groups is 1. The van der Waals surface area contributed by atoms with E-state index in [0.717, 1.165) is 12.8 Å². The van der Waals surface area contributed by atoms with Crippen molar-refractivity contribution in [1.29, 1.82) is 0 Å². The second-order valence-electron chi connectivity index (χ2n) is 12.4. The van der Waals surface area contributed by atoms with Gasteiger partial charge in [0.2, 0.25) is 5.91 Å². The van der Waals surface area contributed by atoms with Crippen LogP contribution in [0.2, 0.25) is 0 Å². The van der Waals surface area contributed by atoms with E-state index in [-0.39, 0.29) is 53.5 Å². The van der Waals surface area contributed by atoms with Crippen LogP contribution in [-0.2, 0) is 14.9 Å². The molecule has 0 spiro atoms. The first-order chi connectivity index (χ1) is 15.5. The van der Waals surface area contributed by atoms with Crippen LogP contribution in [0.5, 0.6) is 0 Å². The zero-order chi connectivity index (χ0) is 24.0. The molecule has 0 unspecified atom stereocenters. The first-order valence-electron chi connectivity index (χ1n) is 13.3. The number of rotatable bonds is 7. The summed E-state index contributed by atoms with van der Waals surface area (Å²) in [6.07, 6.45) is 12.1. The van der Waals surface area contributed by atoms with E-state index in [0.29, 0.717) is 47.3 Å². The first kappa shape index (κ1) is 28.9. The molecule has 0 aromatic carbocycles. The molecule has 0 aliphatic heterocycles. The van der Waals surface area contributed by atoms with Gasteiger partial charge < -0.3 is 15.0 Å². The molecule has 2 N–H and O–H groups in total. The summed E-state index contributed by atoms with van der Waals surface area (Å²) in [6, 6.07) is 0. The third-order valence-corrected chi connectivity index (χ3v) is 11.6. The largest absolute Gasteiger partial charge is 1.00 e. The zero-order valence-corrected chi connectivity index (χ0v) is 24.5. The molecule has 0 saturated heterocycles. The molecule has 0 radical (unpaired) electrons. The average molecular weight is 506 g/mol. The molecule has 0 aromatic heterocycles. The number of aliphatic hydroxyl groups excluding tert-OH is 1. The summed E-state index contributed by atoms with van der Waals surface area (Å²) in [4.78, 5) is 12.2. The van der Waals surface area contributed by atoms with Crippen LogP contribution in [0, 0.1) is 46.3 Å². The summed E-state index contributed by atoms with van der Waals surface area (Å²) in [5.41, 5.74) is 0.634. The second kappa shape index (κ2) is 11.0. The van der Waals surface area contributed by atoms with Crippen molar-refractivity contribution in [1.82, 2.24) is 5.32 Å². The molecule has 190 valence electrons. The maximum absolute atomic E-state index is 12.2. The summed E-state index contributed by atoms with van der Waals surface area (Å²) >= 11 is 0. The Morgan fingerprint density at radius 1 is 1.09 bits per heavy atom. The van der Waals surface area contributed by atoms with Gasteiger partial charge in [0.05, 0.1) is 22.0 Å². The molecule has 6 nitrogen and oxygen atoms in total. The van der Waals surface area contributed by atoms with Crippen LogP contribution in [0.4, 0.5) is 0 Å². The Hall–Kier alpha value is 0.340. The second-order valence-corrected chi connectivity index (χ2v) is 13.9. The Kier molecular flexibility index (Phi) is 9.34. The quantitative estimate of drug-likeness (QED) is 0.398. The van der Waals surface area contributed by atoms with Crippen molar-refractivity contribution in [3.05, 3.63) is 0 Å². The molecule has 9 atom stereocenters. The van der Waals surface area contributed by atoms with Gasteiger partial charge in [0.15, 0.2) is 0 Å². The number of hydrogen-bond acceptors (Lipinski definition) is 5. The fraction of sp³-hybridized carbons (Fsp3) is 0.962. The van der Waals surface area contributed by atoms with Gasteiger partial charge in [0.25, 0.3) is 0 Å². The van der Waals surface area contributed by atoms with Gasteiger partial charge >= 0.3 is 29.6 Å². The van der Waals surface area contributed by atoms with Gasteiger partial charge in [0.1, 0.15) is 0 Å². The van der Waals surface area contributed by atoms with E-state index < -0.39 is 15.9 Å². The Bertz CT molecular complexity index is 837. The minimum atomic E-state index is -4.30. The Balaban J connectivity index is 0.00000324. The molecular weight excluding hydrogens is 461 g/mol. The van der Waals surface area contributed by atoms with Gasteiger partial charge in [-0.15, -0.1) is 0 Å². The normalized spacial score (nSPS) is 42.5. The maximum Gasteiger partial charge on any atom is 1.00 e. The average Bonchev–Trinajstić information content (AvgIpc) is 3.08. The van der Waals surface area contributed by atoms with Crippen molar-refractivity contribution < 1.29 is 52.4 Å². The summed E-state index contributed by atoms with van der Waals surface area (Å²) in [6.45, 7) is 7.15. The number of aliphatic hydroxyl groups is 1. The Labute approximate surface area is 228 Å².